The van der Waals surface area contributed by atoms with Crippen molar-refractivity contribution in [3.63, 3.8) is 0 Å². The lowest BCUT2D eigenvalue weighted by Crippen LogP contribution is -2.08. The summed E-state index contributed by atoms with van der Waals surface area (Å²) in [6.07, 6.45) is 3.51. The Morgan fingerprint density at radius 2 is 2.41 bits per heavy atom. The Balaban J connectivity index is 2.12. The molecule has 0 saturated carbocycles. The number of hydrogen-bond donors (Lipinski definition) is 1. The van der Waals surface area contributed by atoms with Gasteiger partial charge in [-0.25, -0.2) is 9.97 Å². The lowest BCUT2D eigenvalue weighted by Gasteiger charge is -2.08. The maximum Gasteiger partial charge on any atom is 0.306 e. The van der Waals surface area contributed by atoms with E-state index in [2.05, 4.69) is 24.9 Å². The van der Waals surface area contributed by atoms with Crippen molar-refractivity contribution in [1.29, 1.82) is 0 Å². The van der Waals surface area contributed by atoms with Crippen LogP contribution >= 0.6 is 11.8 Å². The fourth-order valence-corrected chi connectivity index (χ4v) is 2.37. The summed E-state index contributed by atoms with van der Waals surface area (Å²) in [6, 6.07) is 0. The van der Waals surface area contributed by atoms with E-state index in [1.807, 2.05) is 6.92 Å². The molecule has 0 aromatic carbocycles. The van der Waals surface area contributed by atoms with Gasteiger partial charge in [-0.3, -0.25) is 9.89 Å². The maximum absolute atomic E-state index is 11.1. The van der Waals surface area contributed by atoms with Crippen LogP contribution in [0.4, 0.5) is 0 Å². The number of esters is 1. The van der Waals surface area contributed by atoms with Gasteiger partial charge in [0.1, 0.15) is 11.4 Å². The van der Waals surface area contributed by atoms with E-state index in [1.165, 1.54) is 25.2 Å². The molecule has 0 aliphatic heterocycles. The monoisotopic (exact) mass is 252 g/mol. The van der Waals surface area contributed by atoms with Gasteiger partial charge in [-0.1, -0.05) is 6.92 Å². The van der Waals surface area contributed by atoms with E-state index >= 15 is 0 Å². The molecule has 90 valence electrons. The summed E-state index contributed by atoms with van der Waals surface area (Å²) in [5, 5.41) is 8.48. The fraction of sp³-hybridized carbons (Fsp3) is 0.400. The molecule has 2 aromatic rings. The molecule has 0 spiro atoms. The molecule has 2 heterocycles. The number of hydrogen-bond acceptors (Lipinski definition) is 6. The Morgan fingerprint density at radius 1 is 1.59 bits per heavy atom. The van der Waals surface area contributed by atoms with Crippen LogP contribution in [0, 0.1) is 0 Å². The van der Waals surface area contributed by atoms with Gasteiger partial charge in [-0.2, -0.15) is 5.10 Å². The van der Waals surface area contributed by atoms with Crippen LogP contribution in [0.5, 0.6) is 0 Å². The van der Waals surface area contributed by atoms with Gasteiger partial charge in [0.25, 0.3) is 0 Å². The average molecular weight is 252 g/mol. The lowest BCUT2D eigenvalue weighted by atomic mass is 10.3. The largest absolute Gasteiger partial charge is 0.469 e. The summed E-state index contributed by atoms with van der Waals surface area (Å²) in [5.41, 5.74) is 0.702. The maximum atomic E-state index is 11.1. The van der Waals surface area contributed by atoms with Crippen LogP contribution in [0.3, 0.4) is 0 Å². The lowest BCUT2D eigenvalue weighted by molar-refractivity contribution is -0.140. The zero-order valence-electron chi connectivity index (χ0n) is 9.51. The van der Waals surface area contributed by atoms with Gasteiger partial charge in [-0.05, 0) is 0 Å². The van der Waals surface area contributed by atoms with E-state index in [4.69, 9.17) is 0 Å². The van der Waals surface area contributed by atoms with Gasteiger partial charge < -0.3 is 4.74 Å². The molecule has 1 atom stereocenters. The second-order valence-corrected chi connectivity index (χ2v) is 4.95. The topological polar surface area (TPSA) is 80.8 Å². The summed E-state index contributed by atoms with van der Waals surface area (Å²) in [4.78, 5) is 19.4. The number of methoxy groups -OCH3 is 1. The number of carbonyl (C=O) groups excluding carboxylic acids is 1. The molecule has 6 nitrogen and oxygen atoms in total. The summed E-state index contributed by atoms with van der Waals surface area (Å²) in [7, 11) is 1.39. The smallest absolute Gasteiger partial charge is 0.306 e. The Bertz CT molecular complexity index is 528. The molecule has 0 fully saturated rings. The molecular formula is C10H12N4O2S. The zero-order valence-corrected chi connectivity index (χ0v) is 10.3. The predicted molar refractivity (Wildman–Crippen MR) is 63.6 cm³/mol. The summed E-state index contributed by atoms with van der Waals surface area (Å²) in [5.74, 6) is -0.220. The third kappa shape index (κ3) is 2.73. The quantitative estimate of drug-likeness (QED) is 0.503. The normalized spacial score (nSPS) is 12.6. The van der Waals surface area contributed by atoms with Crippen molar-refractivity contribution < 1.29 is 9.53 Å². The number of rotatable bonds is 4. The SMILES string of the molecule is COC(=O)CC(C)Sc1ncnc2[nH]ncc12. The number of nitrogens with zero attached hydrogens (tertiary/aromatic N) is 3. The molecule has 2 rings (SSSR count). The Kier molecular flexibility index (Phi) is 3.58. The number of carbonyl (C=O) groups is 1. The van der Waals surface area contributed by atoms with Crippen molar-refractivity contribution in [2.45, 2.75) is 23.6 Å². The number of fused-ring (bicyclic) bond motifs is 1. The van der Waals surface area contributed by atoms with E-state index in [0.717, 1.165) is 10.4 Å². The Hall–Kier alpha value is -1.63. The first-order valence-electron chi connectivity index (χ1n) is 5.08. The predicted octanol–water partition coefficient (Wildman–Crippen LogP) is 1.40. The summed E-state index contributed by atoms with van der Waals surface area (Å²) >= 11 is 1.51. The van der Waals surface area contributed by atoms with Crippen molar-refractivity contribution in [1.82, 2.24) is 20.2 Å². The fourth-order valence-electron chi connectivity index (χ4n) is 1.39. The van der Waals surface area contributed by atoms with Gasteiger partial charge in [0.2, 0.25) is 0 Å². The Labute approximate surface area is 102 Å². The van der Waals surface area contributed by atoms with Gasteiger partial charge >= 0.3 is 5.97 Å². The molecular weight excluding hydrogens is 240 g/mol. The van der Waals surface area contributed by atoms with Crippen molar-refractivity contribution >= 4 is 28.8 Å². The van der Waals surface area contributed by atoms with E-state index in [9.17, 15) is 4.79 Å². The molecule has 17 heavy (non-hydrogen) atoms. The van der Waals surface area contributed by atoms with Gasteiger partial charge in [0, 0.05) is 5.25 Å². The standard InChI is InChI=1S/C10H12N4O2S/c1-6(3-8(15)16-2)17-10-7-4-13-14-9(7)11-5-12-10/h4-6H,3H2,1-2H3,(H,11,12,13,14). The number of H-pyrrole nitrogens is 1. The van der Waals surface area contributed by atoms with E-state index < -0.39 is 0 Å². The molecule has 0 radical (unpaired) electrons. The number of thioether (sulfide) groups is 1. The second-order valence-electron chi connectivity index (χ2n) is 3.52. The second kappa shape index (κ2) is 5.13. The molecule has 7 heteroatoms. The highest BCUT2D eigenvalue weighted by Gasteiger charge is 2.14. The van der Waals surface area contributed by atoms with Crippen LogP contribution in [-0.4, -0.2) is 38.5 Å². The van der Waals surface area contributed by atoms with Gasteiger partial charge in [0.05, 0.1) is 25.1 Å². The van der Waals surface area contributed by atoms with Crippen molar-refractivity contribution in [3.05, 3.63) is 12.5 Å². The average Bonchev–Trinajstić information content (AvgIpc) is 2.78. The van der Waals surface area contributed by atoms with Crippen LogP contribution < -0.4 is 0 Å². The first-order valence-corrected chi connectivity index (χ1v) is 5.96. The van der Waals surface area contributed by atoms with Crippen LogP contribution in [0.15, 0.2) is 17.6 Å². The molecule has 0 bridgehead atoms. The van der Waals surface area contributed by atoms with Crippen LogP contribution in [0.1, 0.15) is 13.3 Å². The molecule has 0 aliphatic carbocycles. The van der Waals surface area contributed by atoms with E-state index in [1.54, 1.807) is 6.20 Å². The number of aromatic nitrogens is 4. The van der Waals surface area contributed by atoms with Gasteiger partial charge in [-0.15, -0.1) is 11.8 Å². The van der Waals surface area contributed by atoms with Crippen LogP contribution in [0.2, 0.25) is 0 Å². The third-order valence-corrected chi connectivity index (χ3v) is 3.32. The van der Waals surface area contributed by atoms with E-state index in [-0.39, 0.29) is 11.2 Å². The molecule has 1 N–H and O–H groups in total. The number of nitrogens with one attached hydrogen (secondary N) is 1. The highest BCUT2D eigenvalue weighted by Crippen LogP contribution is 2.28. The number of ether oxygens (including phenoxy) is 1. The molecule has 0 amide bonds. The molecule has 2 aromatic heterocycles. The molecule has 1 unspecified atom stereocenters. The third-order valence-electron chi connectivity index (χ3n) is 2.21. The van der Waals surface area contributed by atoms with Gasteiger partial charge in [0.15, 0.2) is 5.65 Å². The first kappa shape index (κ1) is 11.8. The van der Waals surface area contributed by atoms with E-state index in [0.29, 0.717) is 12.1 Å². The minimum Gasteiger partial charge on any atom is -0.469 e. The number of aromatic amines is 1. The van der Waals surface area contributed by atoms with Crippen molar-refractivity contribution in [2.24, 2.45) is 0 Å². The van der Waals surface area contributed by atoms with Crippen molar-refractivity contribution in [2.75, 3.05) is 7.11 Å². The molecule has 0 aliphatic rings. The first-order chi connectivity index (χ1) is 8.20. The zero-order chi connectivity index (χ0) is 12.3. The van der Waals surface area contributed by atoms with Crippen LogP contribution in [-0.2, 0) is 9.53 Å². The Morgan fingerprint density at radius 3 is 3.18 bits per heavy atom. The minimum atomic E-state index is -0.220. The highest BCUT2D eigenvalue weighted by molar-refractivity contribution is 8.00. The summed E-state index contributed by atoms with van der Waals surface area (Å²) < 4.78 is 4.63. The molecule has 0 saturated heterocycles. The van der Waals surface area contributed by atoms with Crippen molar-refractivity contribution in [3.8, 4) is 0 Å². The highest BCUT2D eigenvalue weighted by atomic mass is 32.2. The van der Waals surface area contributed by atoms with Crippen LogP contribution in [0.25, 0.3) is 11.0 Å². The minimum absolute atomic E-state index is 0.0930. The summed E-state index contributed by atoms with van der Waals surface area (Å²) in [6.45, 7) is 1.95.